The fourth-order valence-electron chi connectivity index (χ4n) is 4.70. The van der Waals surface area contributed by atoms with E-state index >= 15 is 0 Å². The fraction of sp³-hybridized carbons (Fsp3) is 0.737. The third kappa shape index (κ3) is 2.88. The Kier molecular flexibility index (Phi) is 4.19. The molecule has 3 aliphatic rings. The average molecular weight is 302 g/mol. The zero-order valence-corrected chi connectivity index (χ0v) is 14.4. The van der Waals surface area contributed by atoms with Crippen molar-refractivity contribution in [3.63, 3.8) is 0 Å². The predicted molar refractivity (Wildman–Crippen MR) is 90.5 cm³/mol. The molecule has 1 heterocycles. The van der Waals surface area contributed by atoms with Crippen molar-refractivity contribution in [1.29, 1.82) is 0 Å². The van der Waals surface area contributed by atoms with Crippen LogP contribution in [0.1, 0.15) is 46.5 Å². The fourth-order valence-corrected chi connectivity index (χ4v) is 4.70. The summed E-state index contributed by atoms with van der Waals surface area (Å²) in [6.45, 7) is 7.45. The van der Waals surface area contributed by atoms with Gasteiger partial charge in [-0.15, -0.1) is 0 Å². The second kappa shape index (κ2) is 5.84. The van der Waals surface area contributed by atoms with Gasteiger partial charge in [-0.25, -0.2) is 0 Å². The molecule has 0 aromatic rings. The maximum atomic E-state index is 13.1. The van der Waals surface area contributed by atoms with Crippen molar-refractivity contribution >= 4 is 5.91 Å². The summed E-state index contributed by atoms with van der Waals surface area (Å²) in [5.74, 6) is 1.43. The molecule has 3 nitrogen and oxygen atoms in total. The van der Waals surface area contributed by atoms with Crippen LogP contribution in [0.25, 0.3) is 0 Å². The van der Waals surface area contributed by atoms with E-state index in [0.717, 1.165) is 6.54 Å². The highest BCUT2D eigenvalue weighted by Crippen LogP contribution is 2.39. The summed E-state index contributed by atoms with van der Waals surface area (Å²) in [7, 11) is 1.93. The highest BCUT2D eigenvalue weighted by molar-refractivity contribution is 5.83. The van der Waals surface area contributed by atoms with Crippen molar-refractivity contribution in [1.82, 2.24) is 10.2 Å². The Morgan fingerprint density at radius 2 is 2.14 bits per heavy atom. The summed E-state index contributed by atoms with van der Waals surface area (Å²) < 4.78 is 0. The van der Waals surface area contributed by atoms with Crippen LogP contribution in [0, 0.1) is 17.3 Å². The van der Waals surface area contributed by atoms with Gasteiger partial charge in [0.2, 0.25) is 5.91 Å². The van der Waals surface area contributed by atoms with E-state index in [1.54, 1.807) is 0 Å². The van der Waals surface area contributed by atoms with Crippen LogP contribution >= 0.6 is 0 Å². The number of allylic oxidation sites excluding steroid dienone is 2. The number of rotatable bonds is 3. The molecule has 122 valence electrons. The summed E-state index contributed by atoms with van der Waals surface area (Å²) in [6.07, 6.45) is 11.7. The van der Waals surface area contributed by atoms with Gasteiger partial charge in [-0.3, -0.25) is 4.79 Å². The Labute approximate surface area is 134 Å². The molecule has 4 atom stereocenters. The second-order valence-corrected chi connectivity index (χ2v) is 8.08. The summed E-state index contributed by atoms with van der Waals surface area (Å²) in [6, 6.07) is 0.427. The molecule has 1 aliphatic heterocycles. The molecule has 0 bridgehead atoms. The molecule has 2 aliphatic carbocycles. The van der Waals surface area contributed by atoms with E-state index < -0.39 is 0 Å². The predicted octanol–water partition coefficient (Wildman–Crippen LogP) is 3.13. The minimum atomic E-state index is -0.0235. The number of hydrogen-bond donors (Lipinski definition) is 1. The largest absolute Gasteiger partial charge is 0.334 e. The molecule has 22 heavy (non-hydrogen) atoms. The zero-order valence-electron chi connectivity index (χ0n) is 14.4. The quantitative estimate of drug-likeness (QED) is 0.868. The molecule has 0 spiro atoms. The lowest BCUT2D eigenvalue weighted by Gasteiger charge is -2.32. The van der Waals surface area contributed by atoms with Crippen molar-refractivity contribution < 1.29 is 4.79 Å². The molecule has 1 amide bonds. The number of carbonyl (C=O) groups is 1. The molecular weight excluding hydrogens is 272 g/mol. The van der Waals surface area contributed by atoms with Gasteiger partial charge in [-0.1, -0.05) is 45.4 Å². The minimum absolute atomic E-state index is 0.0235. The average Bonchev–Trinajstić information content (AvgIpc) is 3.00. The summed E-state index contributed by atoms with van der Waals surface area (Å²) >= 11 is 0. The minimum Gasteiger partial charge on any atom is -0.334 e. The standard InChI is InChI=1S/C19H30N2O/c1-13-10-15-6-5-7-16(15)21(18(22)17(13)20-4)12-14-8-9-19(2,3)11-14/h8-9,11,13,15-17,20H,5-7,10,12H2,1-4H3. The van der Waals surface area contributed by atoms with Crippen LogP contribution in [-0.4, -0.2) is 36.5 Å². The first-order valence-corrected chi connectivity index (χ1v) is 8.80. The molecule has 3 heteroatoms. The lowest BCUT2D eigenvalue weighted by molar-refractivity contribution is -0.135. The van der Waals surface area contributed by atoms with Crippen LogP contribution in [0.5, 0.6) is 0 Å². The van der Waals surface area contributed by atoms with Crippen LogP contribution < -0.4 is 5.32 Å². The highest BCUT2D eigenvalue weighted by Gasteiger charge is 2.43. The number of carbonyl (C=O) groups excluding carboxylic acids is 1. The Hall–Kier alpha value is -1.09. The lowest BCUT2D eigenvalue weighted by atomic mass is 9.90. The number of nitrogens with zero attached hydrogens (tertiary/aromatic N) is 1. The zero-order chi connectivity index (χ0) is 15.9. The SMILES string of the molecule is CNC1C(=O)N(CC2=CC(C)(C)C=C2)C2CCCC2CC1C. The van der Waals surface area contributed by atoms with Gasteiger partial charge in [0, 0.05) is 18.0 Å². The van der Waals surface area contributed by atoms with Crippen LogP contribution in [0.4, 0.5) is 0 Å². The molecule has 1 N–H and O–H groups in total. The van der Waals surface area contributed by atoms with E-state index in [1.807, 2.05) is 7.05 Å². The van der Waals surface area contributed by atoms with Crippen molar-refractivity contribution in [3.8, 4) is 0 Å². The van der Waals surface area contributed by atoms with Gasteiger partial charge < -0.3 is 10.2 Å². The van der Waals surface area contributed by atoms with Gasteiger partial charge in [0.05, 0.1) is 6.04 Å². The molecule has 0 radical (unpaired) electrons. The maximum Gasteiger partial charge on any atom is 0.240 e. The molecule has 1 saturated carbocycles. The van der Waals surface area contributed by atoms with Gasteiger partial charge in [-0.05, 0) is 43.7 Å². The van der Waals surface area contributed by atoms with Crippen LogP contribution in [0.2, 0.25) is 0 Å². The molecule has 0 aromatic heterocycles. The second-order valence-electron chi connectivity index (χ2n) is 8.08. The number of amides is 1. The first-order chi connectivity index (χ1) is 10.4. The Balaban J connectivity index is 1.85. The van der Waals surface area contributed by atoms with E-state index in [9.17, 15) is 4.79 Å². The third-order valence-electron chi connectivity index (χ3n) is 5.76. The van der Waals surface area contributed by atoms with Crippen LogP contribution in [0.3, 0.4) is 0 Å². The van der Waals surface area contributed by atoms with Crippen LogP contribution in [-0.2, 0) is 4.79 Å². The van der Waals surface area contributed by atoms with Gasteiger partial charge in [0.15, 0.2) is 0 Å². The van der Waals surface area contributed by atoms with E-state index in [-0.39, 0.29) is 11.5 Å². The molecular formula is C19H30N2O. The van der Waals surface area contributed by atoms with E-state index in [1.165, 1.54) is 31.3 Å². The molecule has 2 fully saturated rings. The van der Waals surface area contributed by atoms with E-state index in [0.29, 0.717) is 23.8 Å². The summed E-state index contributed by atoms with van der Waals surface area (Å²) in [4.78, 5) is 15.3. The smallest absolute Gasteiger partial charge is 0.240 e. The maximum absolute atomic E-state index is 13.1. The Morgan fingerprint density at radius 1 is 1.36 bits per heavy atom. The van der Waals surface area contributed by atoms with Crippen molar-refractivity contribution in [2.75, 3.05) is 13.6 Å². The van der Waals surface area contributed by atoms with Gasteiger partial charge in [-0.2, -0.15) is 0 Å². The van der Waals surface area contributed by atoms with Gasteiger partial charge in [0.25, 0.3) is 0 Å². The summed E-state index contributed by atoms with van der Waals surface area (Å²) in [5.41, 5.74) is 1.43. The van der Waals surface area contributed by atoms with Crippen molar-refractivity contribution in [3.05, 3.63) is 23.8 Å². The third-order valence-corrected chi connectivity index (χ3v) is 5.76. The summed E-state index contributed by atoms with van der Waals surface area (Å²) in [5, 5.41) is 3.28. The van der Waals surface area contributed by atoms with Crippen molar-refractivity contribution in [2.24, 2.45) is 17.3 Å². The normalized spacial score (nSPS) is 37.2. The van der Waals surface area contributed by atoms with E-state index in [4.69, 9.17) is 0 Å². The number of likely N-dealkylation sites (N-methyl/N-ethyl adjacent to an activating group) is 1. The molecule has 3 rings (SSSR count). The lowest BCUT2D eigenvalue weighted by Crippen LogP contribution is -2.50. The highest BCUT2D eigenvalue weighted by atomic mass is 16.2. The molecule has 0 aromatic carbocycles. The first-order valence-electron chi connectivity index (χ1n) is 8.80. The van der Waals surface area contributed by atoms with Crippen molar-refractivity contribution in [2.45, 2.75) is 58.5 Å². The topological polar surface area (TPSA) is 32.3 Å². The number of likely N-dealkylation sites (tertiary alicyclic amines) is 1. The molecule has 1 saturated heterocycles. The Morgan fingerprint density at radius 3 is 2.77 bits per heavy atom. The Bertz CT molecular complexity index is 506. The van der Waals surface area contributed by atoms with Gasteiger partial charge in [0.1, 0.15) is 0 Å². The molecule has 4 unspecified atom stereocenters. The van der Waals surface area contributed by atoms with Gasteiger partial charge >= 0.3 is 0 Å². The first kappa shape index (κ1) is 15.8. The number of fused-ring (bicyclic) bond motifs is 1. The monoisotopic (exact) mass is 302 g/mol. The number of nitrogens with one attached hydrogen (secondary N) is 1. The number of hydrogen-bond acceptors (Lipinski definition) is 2. The van der Waals surface area contributed by atoms with Crippen LogP contribution in [0.15, 0.2) is 23.8 Å². The van der Waals surface area contributed by atoms with E-state index in [2.05, 4.69) is 49.2 Å².